The number of ether oxygens (including phenoxy) is 1. The van der Waals surface area contributed by atoms with Crippen molar-refractivity contribution in [1.82, 2.24) is 4.98 Å². The van der Waals surface area contributed by atoms with Crippen molar-refractivity contribution in [3.8, 4) is 17.0 Å². The molecule has 3 rings (SSSR count). The molecule has 5 nitrogen and oxygen atoms in total. The van der Waals surface area contributed by atoms with Crippen LogP contribution in [0.5, 0.6) is 5.75 Å². The Morgan fingerprint density at radius 2 is 2.37 bits per heavy atom. The third kappa shape index (κ3) is 2.04. The molecule has 0 radical (unpaired) electrons. The molecule has 0 saturated heterocycles. The van der Waals surface area contributed by atoms with Crippen LogP contribution in [0.25, 0.3) is 11.3 Å². The van der Waals surface area contributed by atoms with Crippen LogP contribution in [-0.2, 0) is 4.79 Å². The first-order valence-electron chi connectivity index (χ1n) is 5.97. The second-order valence-electron chi connectivity index (χ2n) is 4.18. The molecule has 1 aliphatic heterocycles. The number of nitrogens with zero attached hydrogens (tertiary/aromatic N) is 2. The van der Waals surface area contributed by atoms with Gasteiger partial charge in [-0.2, -0.15) is 0 Å². The summed E-state index contributed by atoms with van der Waals surface area (Å²) in [4.78, 5) is 17.8. The minimum atomic E-state index is -0.0232. The third-order valence-corrected chi connectivity index (χ3v) is 3.71. The topological polar surface area (TPSA) is 68.5 Å². The highest BCUT2D eigenvalue weighted by Gasteiger charge is 2.24. The largest absolute Gasteiger partial charge is 0.482 e. The number of fused-ring (bicyclic) bond motifs is 1. The van der Waals surface area contributed by atoms with E-state index >= 15 is 0 Å². The average molecular weight is 275 g/mol. The van der Waals surface area contributed by atoms with Crippen LogP contribution in [0.1, 0.15) is 6.92 Å². The van der Waals surface area contributed by atoms with Crippen LogP contribution in [0.15, 0.2) is 23.6 Å². The number of rotatable bonds is 2. The molecule has 0 aliphatic carbocycles. The van der Waals surface area contributed by atoms with E-state index in [1.807, 2.05) is 30.5 Å². The highest BCUT2D eigenvalue weighted by atomic mass is 32.1. The monoisotopic (exact) mass is 275 g/mol. The fourth-order valence-corrected chi connectivity index (χ4v) is 2.70. The van der Waals surface area contributed by atoms with Crippen molar-refractivity contribution in [1.29, 1.82) is 0 Å². The van der Waals surface area contributed by atoms with E-state index in [0.717, 1.165) is 22.7 Å². The Morgan fingerprint density at radius 1 is 1.53 bits per heavy atom. The predicted octanol–water partition coefficient (Wildman–Crippen LogP) is 2.14. The van der Waals surface area contributed by atoms with Crippen LogP contribution in [-0.4, -0.2) is 24.0 Å². The fourth-order valence-electron chi connectivity index (χ4n) is 2.13. The molecule has 2 N–H and O–H groups in total. The number of hydrogen-bond acceptors (Lipinski definition) is 5. The van der Waals surface area contributed by atoms with Gasteiger partial charge in [0.25, 0.3) is 5.91 Å². The van der Waals surface area contributed by atoms with Gasteiger partial charge in [0.1, 0.15) is 5.75 Å². The third-order valence-electron chi connectivity index (χ3n) is 3.04. The van der Waals surface area contributed by atoms with E-state index in [0.29, 0.717) is 11.7 Å². The van der Waals surface area contributed by atoms with E-state index in [2.05, 4.69) is 4.98 Å². The quantitative estimate of drug-likeness (QED) is 0.911. The Morgan fingerprint density at radius 3 is 3.05 bits per heavy atom. The highest BCUT2D eigenvalue weighted by Crippen LogP contribution is 2.36. The van der Waals surface area contributed by atoms with E-state index in [-0.39, 0.29) is 12.5 Å². The fraction of sp³-hybridized carbons (Fsp3) is 0.231. The summed E-state index contributed by atoms with van der Waals surface area (Å²) < 4.78 is 5.43. The molecule has 98 valence electrons. The smallest absolute Gasteiger partial charge is 0.265 e. The van der Waals surface area contributed by atoms with Gasteiger partial charge in [0.15, 0.2) is 11.7 Å². The van der Waals surface area contributed by atoms with Gasteiger partial charge in [0, 0.05) is 17.5 Å². The minimum absolute atomic E-state index is 0.0232. The Labute approximate surface area is 114 Å². The Bertz CT molecular complexity index is 639. The number of anilines is 2. The van der Waals surface area contributed by atoms with Crippen molar-refractivity contribution in [2.75, 3.05) is 23.8 Å². The van der Waals surface area contributed by atoms with Gasteiger partial charge in [0.05, 0.1) is 11.4 Å². The van der Waals surface area contributed by atoms with Crippen LogP contribution >= 0.6 is 11.3 Å². The van der Waals surface area contributed by atoms with Crippen molar-refractivity contribution in [2.24, 2.45) is 0 Å². The van der Waals surface area contributed by atoms with Gasteiger partial charge in [-0.25, -0.2) is 4.98 Å². The zero-order chi connectivity index (χ0) is 13.4. The molecular formula is C13H13N3O2S. The zero-order valence-electron chi connectivity index (χ0n) is 10.4. The van der Waals surface area contributed by atoms with Crippen LogP contribution < -0.4 is 15.4 Å². The van der Waals surface area contributed by atoms with Gasteiger partial charge in [-0.05, 0) is 25.1 Å². The molecule has 0 spiro atoms. The molecule has 0 atom stereocenters. The Balaban J connectivity index is 2.07. The molecule has 1 aromatic carbocycles. The maximum atomic E-state index is 11.8. The Kier molecular flexibility index (Phi) is 2.87. The average Bonchev–Trinajstić information content (AvgIpc) is 2.85. The molecule has 0 fully saturated rings. The van der Waals surface area contributed by atoms with Gasteiger partial charge < -0.3 is 15.4 Å². The highest BCUT2D eigenvalue weighted by molar-refractivity contribution is 7.13. The number of hydrogen-bond donors (Lipinski definition) is 1. The van der Waals surface area contributed by atoms with Gasteiger partial charge >= 0.3 is 0 Å². The van der Waals surface area contributed by atoms with E-state index < -0.39 is 0 Å². The number of amides is 1. The number of likely N-dealkylation sites (N-methyl/N-ethyl adjacent to an activating group) is 1. The minimum Gasteiger partial charge on any atom is -0.482 e. The molecule has 19 heavy (non-hydrogen) atoms. The standard InChI is InChI=1S/C13H13N3O2S/c1-2-16-10-5-8(9-7-19-13(14)15-9)3-4-11(10)18-6-12(16)17/h3-5,7H,2,6H2,1H3,(H2,14,15). The second-order valence-corrected chi connectivity index (χ2v) is 5.07. The number of carbonyl (C=O) groups is 1. The van der Waals surface area contributed by atoms with Gasteiger partial charge in [-0.15, -0.1) is 11.3 Å². The number of thiazole rings is 1. The summed E-state index contributed by atoms with van der Waals surface area (Å²) in [5.41, 5.74) is 8.19. The molecule has 0 saturated carbocycles. The summed E-state index contributed by atoms with van der Waals surface area (Å²) in [6.07, 6.45) is 0. The van der Waals surface area contributed by atoms with Crippen molar-refractivity contribution < 1.29 is 9.53 Å². The second kappa shape index (κ2) is 4.55. The number of nitrogen functional groups attached to an aromatic ring is 1. The summed E-state index contributed by atoms with van der Waals surface area (Å²) in [6.45, 7) is 2.67. The van der Waals surface area contributed by atoms with Gasteiger partial charge in [-0.3, -0.25) is 4.79 Å². The molecule has 1 amide bonds. The molecule has 0 bridgehead atoms. The van der Waals surface area contributed by atoms with Crippen LogP contribution in [0.2, 0.25) is 0 Å². The SMILES string of the molecule is CCN1C(=O)COc2ccc(-c3csc(N)n3)cc21. The number of benzene rings is 1. The lowest BCUT2D eigenvalue weighted by atomic mass is 10.1. The van der Waals surface area contributed by atoms with E-state index in [9.17, 15) is 4.79 Å². The Hall–Kier alpha value is -2.08. The molecule has 1 aliphatic rings. The molecule has 2 aromatic rings. The molecular weight excluding hydrogens is 262 g/mol. The van der Waals surface area contributed by atoms with E-state index in [1.54, 1.807) is 4.90 Å². The lowest BCUT2D eigenvalue weighted by Gasteiger charge is -2.28. The predicted molar refractivity (Wildman–Crippen MR) is 75.5 cm³/mol. The summed E-state index contributed by atoms with van der Waals surface area (Å²) in [7, 11) is 0. The van der Waals surface area contributed by atoms with E-state index in [4.69, 9.17) is 10.5 Å². The van der Waals surface area contributed by atoms with Crippen molar-refractivity contribution in [3.63, 3.8) is 0 Å². The first kappa shape index (κ1) is 12.0. The van der Waals surface area contributed by atoms with E-state index in [1.165, 1.54) is 11.3 Å². The van der Waals surface area contributed by atoms with Gasteiger partial charge in [0.2, 0.25) is 0 Å². The van der Waals surface area contributed by atoms with Crippen LogP contribution in [0, 0.1) is 0 Å². The maximum Gasteiger partial charge on any atom is 0.265 e. The van der Waals surface area contributed by atoms with Crippen molar-refractivity contribution in [3.05, 3.63) is 23.6 Å². The summed E-state index contributed by atoms with van der Waals surface area (Å²) in [6, 6.07) is 5.72. The normalized spacial score (nSPS) is 14.2. The van der Waals surface area contributed by atoms with Gasteiger partial charge in [-0.1, -0.05) is 0 Å². The van der Waals surface area contributed by atoms with Crippen molar-refractivity contribution in [2.45, 2.75) is 6.92 Å². The van der Waals surface area contributed by atoms with Crippen molar-refractivity contribution >= 4 is 28.1 Å². The zero-order valence-corrected chi connectivity index (χ0v) is 11.2. The maximum absolute atomic E-state index is 11.8. The molecule has 1 aromatic heterocycles. The summed E-state index contributed by atoms with van der Waals surface area (Å²) >= 11 is 1.40. The molecule has 0 unspecified atom stereocenters. The number of carbonyl (C=O) groups excluding carboxylic acids is 1. The summed E-state index contributed by atoms with van der Waals surface area (Å²) in [5.74, 6) is 0.707. The summed E-state index contributed by atoms with van der Waals surface area (Å²) in [5, 5.41) is 2.44. The lowest BCUT2D eigenvalue weighted by Crippen LogP contribution is -2.38. The first-order chi connectivity index (χ1) is 9.19. The number of nitrogens with two attached hydrogens (primary N) is 1. The number of aromatic nitrogens is 1. The first-order valence-corrected chi connectivity index (χ1v) is 6.85. The van der Waals surface area contributed by atoms with Crippen LogP contribution in [0.3, 0.4) is 0 Å². The lowest BCUT2D eigenvalue weighted by molar-refractivity contribution is -0.121. The molecule has 2 heterocycles. The molecule has 6 heteroatoms. The van der Waals surface area contributed by atoms with Crippen LogP contribution in [0.4, 0.5) is 10.8 Å².